The molecule has 2 rings (SSSR count). The molecule has 1 aromatic heterocycles. The van der Waals surface area contributed by atoms with Gasteiger partial charge in [-0.3, -0.25) is 4.79 Å². The van der Waals surface area contributed by atoms with Gasteiger partial charge in [0.1, 0.15) is 16.9 Å². The Morgan fingerprint density at radius 1 is 1.39 bits per heavy atom. The van der Waals surface area contributed by atoms with Crippen LogP contribution in [0.5, 0.6) is 5.75 Å². The fourth-order valence-corrected chi connectivity index (χ4v) is 3.00. The minimum absolute atomic E-state index is 0.259. The Bertz CT molecular complexity index is 703. The monoisotopic (exact) mass is 330 g/mol. The zero-order chi connectivity index (χ0) is 16.8. The SMILES string of the molecule is CCO[C@@H](C)C(=O)[C@H](C#N)c1nc(-c2ccc(OC)cc2)cs1. The third-order valence-corrected chi connectivity index (χ3v) is 4.30. The lowest BCUT2D eigenvalue weighted by Gasteiger charge is -2.12. The van der Waals surface area contributed by atoms with Crippen molar-refractivity contribution in [1.82, 2.24) is 4.98 Å². The fourth-order valence-electron chi connectivity index (χ4n) is 2.12. The second-order valence-electron chi connectivity index (χ2n) is 4.86. The molecule has 2 aromatic rings. The molecule has 5 nitrogen and oxygen atoms in total. The number of benzene rings is 1. The van der Waals surface area contributed by atoms with Crippen LogP contribution >= 0.6 is 11.3 Å². The van der Waals surface area contributed by atoms with Crippen LogP contribution in [0.15, 0.2) is 29.6 Å². The number of hydrogen-bond donors (Lipinski definition) is 0. The molecular formula is C17H18N2O3S. The van der Waals surface area contributed by atoms with Crippen LogP contribution in [-0.2, 0) is 9.53 Å². The van der Waals surface area contributed by atoms with Gasteiger partial charge in [0.15, 0.2) is 11.7 Å². The highest BCUT2D eigenvalue weighted by Crippen LogP contribution is 2.28. The Morgan fingerprint density at radius 2 is 2.09 bits per heavy atom. The van der Waals surface area contributed by atoms with Crippen molar-refractivity contribution in [3.05, 3.63) is 34.7 Å². The lowest BCUT2D eigenvalue weighted by Crippen LogP contribution is -2.26. The Balaban J connectivity index is 2.22. The van der Waals surface area contributed by atoms with E-state index in [2.05, 4.69) is 4.98 Å². The molecule has 120 valence electrons. The van der Waals surface area contributed by atoms with Gasteiger partial charge in [0.05, 0.1) is 18.9 Å². The van der Waals surface area contributed by atoms with E-state index in [-0.39, 0.29) is 5.78 Å². The number of Topliss-reactive ketones (excluding diaryl/α,β-unsaturated/α-hetero) is 1. The summed E-state index contributed by atoms with van der Waals surface area (Å²) in [6, 6.07) is 9.52. The smallest absolute Gasteiger partial charge is 0.185 e. The average Bonchev–Trinajstić information content (AvgIpc) is 3.05. The van der Waals surface area contributed by atoms with Crippen LogP contribution in [0.2, 0.25) is 0 Å². The van der Waals surface area contributed by atoms with Crippen LogP contribution in [-0.4, -0.2) is 30.6 Å². The van der Waals surface area contributed by atoms with E-state index in [1.54, 1.807) is 14.0 Å². The van der Waals surface area contributed by atoms with Gasteiger partial charge in [-0.1, -0.05) is 0 Å². The molecule has 0 saturated heterocycles. The topological polar surface area (TPSA) is 72.2 Å². The zero-order valence-electron chi connectivity index (χ0n) is 13.3. The van der Waals surface area contributed by atoms with Crippen LogP contribution in [0.1, 0.15) is 24.8 Å². The molecule has 0 aliphatic carbocycles. The van der Waals surface area contributed by atoms with Gasteiger partial charge in [-0.05, 0) is 38.1 Å². The van der Waals surface area contributed by atoms with Gasteiger partial charge < -0.3 is 9.47 Å². The highest BCUT2D eigenvalue weighted by atomic mass is 32.1. The molecule has 0 radical (unpaired) electrons. The minimum atomic E-state index is -0.895. The van der Waals surface area contributed by atoms with Crippen LogP contribution in [0.25, 0.3) is 11.3 Å². The second kappa shape index (κ2) is 7.86. The average molecular weight is 330 g/mol. The molecule has 0 saturated carbocycles. The lowest BCUT2D eigenvalue weighted by molar-refractivity contribution is -0.129. The van der Waals surface area contributed by atoms with Gasteiger partial charge in [-0.25, -0.2) is 4.98 Å². The molecule has 0 bridgehead atoms. The largest absolute Gasteiger partial charge is 0.497 e. The number of thiazole rings is 1. The summed E-state index contributed by atoms with van der Waals surface area (Å²) < 4.78 is 10.4. The molecule has 0 spiro atoms. The number of nitriles is 1. The summed E-state index contributed by atoms with van der Waals surface area (Å²) in [6.07, 6.45) is -0.613. The van der Waals surface area contributed by atoms with E-state index in [4.69, 9.17) is 9.47 Å². The molecule has 1 aromatic carbocycles. The van der Waals surface area contributed by atoms with Crippen LogP contribution in [0, 0.1) is 11.3 Å². The van der Waals surface area contributed by atoms with Crippen LogP contribution < -0.4 is 4.74 Å². The molecule has 0 unspecified atom stereocenters. The van der Waals surface area contributed by atoms with E-state index in [1.807, 2.05) is 42.6 Å². The molecule has 0 aliphatic rings. The maximum Gasteiger partial charge on any atom is 0.185 e. The molecule has 0 N–H and O–H groups in total. The first-order chi connectivity index (χ1) is 11.1. The first-order valence-electron chi connectivity index (χ1n) is 7.25. The number of ketones is 1. The zero-order valence-corrected chi connectivity index (χ0v) is 14.1. The number of aromatic nitrogens is 1. The predicted molar refractivity (Wildman–Crippen MR) is 88.6 cm³/mol. The minimum Gasteiger partial charge on any atom is -0.497 e. The number of nitrogens with zero attached hydrogens (tertiary/aromatic N) is 2. The summed E-state index contributed by atoms with van der Waals surface area (Å²) in [5.74, 6) is -0.390. The van der Waals surface area contributed by atoms with Gasteiger partial charge in [0.25, 0.3) is 0 Å². The van der Waals surface area contributed by atoms with Crippen molar-refractivity contribution in [2.45, 2.75) is 25.9 Å². The highest BCUT2D eigenvalue weighted by Gasteiger charge is 2.28. The Labute approximate surface area is 139 Å². The predicted octanol–water partition coefficient (Wildman–Crippen LogP) is 3.42. The number of carbonyl (C=O) groups is 1. The molecule has 0 fully saturated rings. The molecule has 0 aliphatic heterocycles. The summed E-state index contributed by atoms with van der Waals surface area (Å²) in [6.45, 7) is 3.91. The number of hydrogen-bond acceptors (Lipinski definition) is 6. The van der Waals surface area contributed by atoms with Crippen LogP contribution in [0.3, 0.4) is 0 Å². The van der Waals surface area contributed by atoms with Gasteiger partial charge in [-0.15, -0.1) is 11.3 Å². The van der Waals surface area contributed by atoms with E-state index in [9.17, 15) is 10.1 Å². The van der Waals surface area contributed by atoms with Crippen molar-refractivity contribution in [3.8, 4) is 23.1 Å². The van der Waals surface area contributed by atoms with Gasteiger partial charge in [0, 0.05) is 17.6 Å². The Kier molecular flexibility index (Phi) is 5.85. The quantitative estimate of drug-likeness (QED) is 0.778. The van der Waals surface area contributed by atoms with Gasteiger partial charge >= 0.3 is 0 Å². The maximum atomic E-state index is 12.3. The summed E-state index contributed by atoms with van der Waals surface area (Å²) in [5.41, 5.74) is 1.65. The van der Waals surface area contributed by atoms with Gasteiger partial charge in [-0.2, -0.15) is 5.26 Å². The Hall–Kier alpha value is -2.23. The summed E-state index contributed by atoms with van der Waals surface area (Å²) in [7, 11) is 1.61. The van der Waals surface area contributed by atoms with Crippen LogP contribution in [0.4, 0.5) is 0 Å². The third-order valence-electron chi connectivity index (χ3n) is 3.39. The molecule has 1 heterocycles. The van der Waals surface area contributed by atoms with Crippen molar-refractivity contribution in [1.29, 1.82) is 5.26 Å². The molecule has 23 heavy (non-hydrogen) atoms. The maximum absolute atomic E-state index is 12.3. The van der Waals surface area contributed by atoms with Crippen molar-refractivity contribution in [2.75, 3.05) is 13.7 Å². The van der Waals surface area contributed by atoms with E-state index in [0.717, 1.165) is 17.0 Å². The highest BCUT2D eigenvalue weighted by molar-refractivity contribution is 7.10. The van der Waals surface area contributed by atoms with E-state index in [1.165, 1.54) is 11.3 Å². The molecule has 6 heteroatoms. The summed E-state index contributed by atoms with van der Waals surface area (Å²) >= 11 is 1.31. The second-order valence-corrected chi connectivity index (χ2v) is 5.75. The van der Waals surface area contributed by atoms with Crippen molar-refractivity contribution >= 4 is 17.1 Å². The van der Waals surface area contributed by atoms with Crippen molar-refractivity contribution in [3.63, 3.8) is 0 Å². The molecular weight excluding hydrogens is 312 g/mol. The first-order valence-corrected chi connectivity index (χ1v) is 8.13. The lowest BCUT2D eigenvalue weighted by atomic mass is 10.0. The van der Waals surface area contributed by atoms with E-state index >= 15 is 0 Å². The molecule has 2 atom stereocenters. The Morgan fingerprint density at radius 3 is 2.65 bits per heavy atom. The van der Waals surface area contributed by atoms with Gasteiger partial charge in [0.2, 0.25) is 0 Å². The fraction of sp³-hybridized carbons (Fsp3) is 0.353. The number of ether oxygens (including phenoxy) is 2. The van der Waals surface area contributed by atoms with E-state index in [0.29, 0.717) is 11.6 Å². The summed E-state index contributed by atoms with van der Waals surface area (Å²) in [4.78, 5) is 16.7. The van der Waals surface area contributed by atoms with E-state index < -0.39 is 12.0 Å². The third kappa shape index (κ3) is 3.95. The summed E-state index contributed by atoms with van der Waals surface area (Å²) in [5, 5.41) is 11.7. The van der Waals surface area contributed by atoms with Crippen molar-refractivity contribution in [2.24, 2.45) is 0 Å². The molecule has 0 amide bonds. The standard InChI is InChI=1S/C17H18N2O3S/c1-4-22-11(2)16(20)14(9-18)17-19-15(10-23-17)12-5-7-13(21-3)8-6-12/h5-8,10-11,14H,4H2,1-3H3/t11-,14-/m0/s1. The number of carbonyl (C=O) groups excluding carboxylic acids is 1. The first kappa shape index (κ1) is 17.1. The normalized spacial score (nSPS) is 13.1. The number of rotatable bonds is 7. The van der Waals surface area contributed by atoms with Crippen molar-refractivity contribution < 1.29 is 14.3 Å². The number of methoxy groups -OCH3 is 1.